The summed E-state index contributed by atoms with van der Waals surface area (Å²) in [6, 6.07) is 10.6. The molecule has 1 aromatic heterocycles. The molecule has 5 heteroatoms. The van der Waals surface area contributed by atoms with Gasteiger partial charge in [-0.2, -0.15) is 5.10 Å². The van der Waals surface area contributed by atoms with Crippen LogP contribution in [0.5, 0.6) is 0 Å². The van der Waals surface area contributed by atoms with Crippen LogP contribution in [0.4, 0.5) is 8.78 Å². The molecule has 126 valence electrons. The highest BCUT2D eigenvalue weighted by atomic mass is 19.2. The number of nitrogens with one attached hydrogen (secondary N) is 2. The van der Waals surface area contributed by atoms with Gasteiger partial charge in [-0.1, -0.05) is 12.1 Å². The van der Waals surface area contributed by atoms with Crippen LogP contribution >= 0.6 is 0 Å². The number of aryl methyl sites for hydroxylation is 1. The van der Waals surface area contributed by atoms with Gasteiger partial charge in [0.15, 0.2) is 11.6 Å². The summed E-state index contributed by atoms with van der Waals surface area (Å²) < 4.78 is 26.1. The molecule has 0 aliphatic carbocycles. The number of benzene rings is 2. The first-order valence-corrected chi connectivity index (χ1v) is 8.21. The quantitative estimate of drug-likeness (QED) is 0.643. The van der Waals surface area contributed by atoms with E-state index in [4.69, 9.17) is 0 Å². The fraction of sp³-hybridized carbons (Fsp3) is 0.316. The zero-order chi connectivity index (χ0) is 16.9. The van der Waals surface area contributed by atoms with Crippen LogP contribution in [0.25, 0.3) is 10.9 Å². The number of fused-ring (bicyclic) bond motifs is 1. The van der Waals surface area contributed by atoms with E-state index in [1.54, 1.807) is 6.07 Å². The molecule has 0 fully saturated rings. The summed E-state index contributed by atoms with van der Waals surface area (Å²) >= 11 is 0. The highest BCUT2D eigenvalue weighted by molar-refractivity contribution is 5.78. The highest BCUT2D eigenvalue weighted by Gasteiger charge is 2.07. The van der Waals surface area contributed by atoms with Crippen molar-refractivity contribution in [3.63, 3.8) is 0 Å². The summed E-state index contributed by atoms with van der Waals surface area (Å²) in [5.74, 6) is -1.58. The minimum absolute atomic E-state index is 0.214. The molecule has 3 nitrogen and oxygen atoms in total. The molecule has 3 aromatic rings. The van der Waals surface area contributed by atoms with Gasteiger partial charge in [0, 0.05) is 11.4 Å². The maximum absolute atomic E-state index is 13.2. The zero-order valence-corrected chi connectivity index (χ0v) is 13.7. The lowest BCUT2D eigenvalue weighted by molar-refractivity contribution is 0.501. The van der Waals surface area contributed by atoms with E-state index >= 15 is 0 Å². The molecule has 2 aromatic carbocycles. The average molecular weight is 329 g/mol. The van der Waals surface area contributed by atoms with Gasteiger partial charge in [-0.05, 0) is 68.1 Å². The Hall–Kier alpha value is -2.27. The summed E-state index contributed by atoms with van der Waals surface area (Å²) in [4.78, 5) is 0. The summed E-state index contributed by atoms with van der Waals surface area (Å²) in [7, 11) is 0. The molecule has 0 saturated carbocycles. The van der Waals surface area contributed by atoms with E-state index in [9.17, 15) is 8.78 Å². The average Bonchev–Trinajstić information content (AvgIpc) is 3.03. The van der Waals surface area contributed by atoms with Gasteiger partial charge in [0.25, 0.3) is 0 Å². The summed E-state index contributed by atoms with van der Waals surface area (Å²) in [6.07, 6.45) is 4.52. The summed E-state index contributed by atoms with van der Waals surface area (Å²) in [5.41, 5.74) is 3.15. The van der Waals surface area contributed by atoms with Crippen LogP contribution in [-0.4, -0.2) is 22.8 Å². The van der Waals surface area contributed by atoms with E-state index in [1.165, 1.54) is 17.7 Å². The maximum atomic E-state index is 13.2. The van der Waals surface area contributed by atoms with E-state index < -0.39 is 11.6 Å². The molecule has 2 N–H and O–H groups in total. The van der Waals surface area contributed by atoms with Gasteiger partial charge < -0.3 is 5.32 Å². The molecule has 0 amide bonds. The van der Waals surface area contributed by atoms with Crippen LogP contribution in [0.3, 0.4) is 0 Å². The van der Waals surface area contributed by atoms with Crippen molar-refractivity contribution >= 4 is 10.9 Å². The third-order valence-corrected chi connectivity index (χ3v) is 4.17. The van der Waals surface area contributed by atoms with Crippen molar-refractivity contribution in [2.45, 2.75) is 32.2 Å². The van der Waals surface area contributed by atoms with Gasteiger partial charge in [-0.3, -0.25) is 5.10 Å². The summed E-state index contributed by atoms with van der Waals surface area (Å²) in [6.45, 7) is 2.94. The molecule has 0 aliphatic rings. The van der Waals surface area contributed by atoms with Crippen LogP contribution in [-0.2, 0) is 12.8 Å². The smallest absolute Gasteiger partial charge is 0.159 e. The van der Waals surface area contributed by atoms with Gasteiger partial charge in [0.2, 0.25) is 0 Å². The highest BCUT2D eigenvalue weighted by Crippen LogP contribution is 2.14. The van der Waals surface area contributed by atoms with Crippen LogP contribution in [0, 0.1) is 11.6 Å². The van der Waals surface area contributed by atoms with Gasteiger partial charge in [0.05, 0.1) is 11.7 Å². The molecular weight excluding hydrogens is 308 g/mol. The first kappa shape index (κ1) is 16.6. The van der Waals surface area contributed by atoms with Gasteiger partial charge in [-0.25, -0.2) is 8.78 Å². The molecule has 0 aliphatic heterocycles. The zero-order valence-electron chi connectivity index (χ0n) is 13.7. The van der Waals surface area contributed by atoms with Crippen molar-refractivity contribution in [2.24, 2.45) is 0 Å². The molecule has 1 atom stereocenters. The van der Waals surface area contributed by atoms with Crippen LogP contribution in [0.15, 0.2) is 42.6 Å². The molecule has 0 spiro atoms. The van der Waals surface area contributed by atoms with E-state index in [0.717, 1.165) is 35.9 Å². The Bertz CT molecular complexity index is 813. The lowest BCUT2D eigenvalue weighted by atomic mass is 10.1. The molecular formula is C19H21F2N3. The van der Waals surface area contributed by atoms with Crippen molar-refractivity contribution in [3.8, 4) is 0 Å². The number of hydrogen-bond acceptors (Lipinski definition) is 2. The first-order chi connectivity index (χ1) is 11.6. The Morgan fingerprint density at radius 3 is 2.75 bits per heavy atom. The van der Waals surface area contributed by atoms with Gasteiger partial charge in [-0.15, -0.1) is 0 Å². The van der Waals surface area contributed by atoms with Crippen LogP contribution in [0.1, 0.15) is 24.5 Å². The Morgan fingerprint density at radius 1 is 1.08 bits per heavy atom. The topological polar surface area (TPSA) is 40.7 Å². The minimum atomic E-state index is -0.797. The molecule has 24 heavy (non-hydrogen) atoms. The molecule has 3 rings (SSSR count). The molecule has 0 saturated heterocycles. The monoisotopic (exact) mass is 329 g/mol. The van der Waals surface area contributed by atoms with Gasteiger partial charge >= 0.3 is 0 Å². The second kappa shape index (κ2) is 7.53. The molecule has 1 unspecified atom stereocenters. The Balaban J connectivity index is 1.43. The Labute approximate surface area is 140 Å². The number of rotatable bonds is 7. The van der Waals surface area contributed by atoms with Gasteiger partial charge in [0.1, 0.15) is 0 Å². The normalized spacial score (nSPS) is 12.6. The lowest BCUT2D eigenvalue weighted by Gasteiger charge is -2.14. The Morgan fingerprint density at radius 2 is 1.92 bits per heavy atom. The van der Waals surface area contributed by atoms with Crippen molar-refractivity contribution in [3.05, 3.63) is 65.4 Å². The number of nitrogens with zero attached hydrogens (tertiary/aromatic N) is 1. The number of hydrogen-bond donors (Lipinski definition) is 2. The second-order valence-electron chi connectivity index (χ2n) is 6.20. The minimum Gasteiger partial charge on any atom is -0.314 e. The maximum Gasteiger partial charge on any atom is 0.159 e. The van der Waals surface area contributed by atoms with Crippen molar-refractivity contribution in [1.29, 1.82) is 0 Å². The van der Waals surface area contributed by atoms with Crippen LogP contribution in [0.2, 0.25) is 0 Å². The lowest BCUT2D eigenvalue weighted by Crippen LogP contribution is -2.29. The Kier molecular flexibility index (Phi) is 5.20. The van der Waals surface area contributed by atoms with Crippen molar-refractivity contribution < 1.29 is 8.78 Å². The summed E-state index contributed by atoms with van der Waals surface area (Å²) in [5, 5.41) is 11.5. The third kappa shape index (κ3) is 4.17. The van der Waals surface area contributed by atoms with E-state index in [-0.39, 0.29) is 6.04 Å². The predicted octanol–water partition coefficient (Wildman–Crippen LogP) is 3.99. The fourth-order valence-electron chi connectivity index (χ4n) is 2.88. The fourth-order valence-corrected chi connectivity index (χ4v) is 2.88. The van der Waals surface area contributed by atoms with Crippen LogP contribution < -0.4 is 5.32 Å². The standard InChI is InChI=1S/C19H21F2N3/c1-13(9-15-4-6-17(20)18(21)11-15)22-8-2-3-14-5-7-19-16(10-14)12-23-24-19/h4-7,10-13,22H,2-3,8-9H2,1H3,(H,23,24). The number of halogens is 2. The molecule has 0 radical (unpaired) electrons. The number of aromatic amines is 1. The van der Waals surface area contributed by atoms with E-state index in [1.807, 2.05) is 6.20 Å². The third-order valence-electron chi connectivity index (χ3n) is 4.17. The largest absolute Gasteiger partial charge is 0.314 e. The number of aromatic nitrogens is 2. The second-order valence-corrected chi connectivity index (χ2v) is 6.20. The van der Waals surface area contributed by atoms with Crippen molar-refractivity contribution in [2.75, 3.05) is 6.54 Å². The first-order valence-electron chi connectivity index (χ1n) is 8.21. The predicted molar refractivity (Wildman–Crippen MR) is 91.9 cm³/mol. The van der Waals surface area contributed by atoms with E-state index in [0.29, 0.717) is 6.42 Å². The van der Waals surface area contributed by atoms with Crippen molar-refractivity contribution in [1.82, 2.24) is 15.5 Å². The van der Waals surface area contributed by atoms with E-state index in [2.05, 4.69) is 40.6 Å². The number of H-pyrrole nitrogens is 1. The molecule has 0 bridgehead atoms. The SMILES string of the molecule is CC(Cc1ccc(F)c(F)c1)NCCCc1ccc2[nH]ncc2c1. The molecule has 1 heterocycles.